The van der Waals surface area contributed by atoms with Crippen LogP contribution >= 0.6 is 0 Å². The molecular weight excluding hydrogens is 214 g/mol. The van der Waals surface area contributed by atoms with Crippen molar-refractivity contribution in [3.8, 4) is 5.75 Å². The Bertz CT molecular complexity index is 421. The van der Waals surface area contributed by atoms with E-state index in [9.17, 15) is 0 Å². The molecule has 0 bridgehead atoms. The van der Waals surface area contributed by atoms with E-state index in [1.807, 2.05) is 12.1 Å². The summed E-state index contributed by atoms with van der Waals surface area (Å²) in [5.74, 6) is 0.936. The van der Waals surface area contributed by atoms with Crippen LogP contribution in [0.3, 0.4) is 0 Å². The minimum absolute atomic E-state index is 0.486. The second kappa shape index (κ2) is 4.11. The van der Waals surface area contributed by atoms with Crippen LogP contribution in [-0.2, 0) is 0 Å². The molecule has 2 aliphatic rings. The van der Waals surface area contributed by atoms with Gasteiger partial charge in [0, 0.05) is 31.4 Å². The molecule has 0 spiro atoms. The van der Waals surface area contributed by atoms with Gasteiger partial charge in [-0.3, -0.25) is 4.90 Å². The maximum absolute atomic E-state index is 5.82. The standard InChI is InChI=1S/C13H19N3O/c1-2-15-5-6-16-11(8-15)9-17-13-7-10(14)3-4-12(13)16/h3-4,7,11H,2,5-6,8-9,14H2,1H3/t11-/m1/s1. The number of fused-ring (bicyclic) bond motifs is 3. The minimum Gasteiger partial charge on any atom is -0.489 e. The predicted molar refractivity (Wildman–Crippen MR) is 69.6 cm³/mol. The molecule has 2 N–H and O–H groups in total. The first-order chi connectivity index (χ1) is 8.28. The van der Waals surface area contributed by atoms with E-state index in [1.54, 1.807) is 0 Å². The van der Waals surface area contributed by atoms with Gasteiger partial charge in [0.25, 0.3) is 0 Å². The van der Waals surface area contributed by atoms with Crippen molar-refractivity contribution in [2.45, 2.75) is 13.0 Å². The fourth-order valence-corrected chi connectivity index (χ4v) is 2.74. The fourth-order valence-electron chi connectivity index (χ4n) is 2.74. The summed E-state index contributed by atoms with van der Waals surface area (Å²) < 4.78 is 5.82. The Balaban J connectivity index is 1.87. The number of nitrogen functional groups attached to an aromatic ring is 1. The van der Waals surface area contributed by atoms with Crippen molar-refractivity contribution in [3.63, 3.8) is 0 Å². The van der Waals surface area contributed by atoms with Gasteiger partial charge in [-0.05, 0) is 18.7 Å². The number of ether oxygens (including phenoxy) is 1. The molecule has 1 atom stereocenters. The van der Waals surface area contributed by atoms with Crippen LogP contribution in [0.15, 0.2) is 18.2 Å². The van der Waals surface area contributed by atoms with Crippen molar-refractivity contribution in [2.24, 2.45) is 0 Å². The fraction of sp³-hybridized carbons (Fsp3) is 0.538. The second-order valence-electron chi connectivity index (χ2n) is 4.78. The van der Waals surface area contributed by atoms with Gasteiger partial charge in [-0.15, -0.1) is 0 Å². The topological polar surface area (TPSA) is 41.7 Å². The highest BCUT2D eigenvalue weighted by Gasteiger charge is 2.32. The molecule has 1 fully saturated rings. The predicted octanol–water partition coefficient (Wildman–Crippen LogP) is 1.17. The number of hydrogen-bond donors (Lipinski definition) is 1. The third kappa shape index (κ3) is 1.82. The Labute approximate surface area is 102 Å². The van der Waals surface area contributed by atoms with Crippen LogP contribution in [0.1, 0.15) is 6.92 Å². The van der Waals surface area contributed by atoms with Crippen molar-refractivity contribution >= 4 is 11.4 Å². The third-order valence-corrected chi connectivity index (χ3v) is 3.74. The molecule has 0 radical (unpaired) electrons. The summed E-state index contributed by atoms with van der Waals surface area (Å²) in [4.78, 5) is 4.94. The molecule has 1 aromatic carbocycles. The van der Waals surface area contributed by atoms with Gasteiger partial charge in [-0.25, -0.2) is 0 Å². The molecule has 1 saturated heterocycles. The van der Waals surface area contributed by atoms with Gasteiger partial charge in [0.05, 0.1) is 11.7 Å². The highest BCUT2D eigenvalue weighted by molar-refractivity contribution is 5.66. The zero-order chi connectivity index (χ0) is 11.8. The molecule has 2 aliphatic heterocycles. The van der Waals surface area contributed by atoms with E-state index in [4.69, 9.17) is 10.5 Å². The van der Waals surface area contributed by atoms with Gasteiger partial charge in [0.2, 0.25) is 0 Å². The summed E-state index contributed by atoms with van der Waals surface area (Å²) in [5.41, 5.74) is 7.76. The van der Waals surface area contributed by atoms with E-state index < -0.39 is 0 Å². The van der Waals surface area contributed by atoms with Gasteiger partial charge in [0.1, 0.15) is 12.4 Å². The first kappa shape index (κ1) is 10.7. The Morgan fingerprint density at radius 3 is 3.12 bits per heavy atom. The number of nitrogens with two attached hydrogens (primary N) is 1. The van der Waals surface area contributed by atoms with Crippen molar-refractivity contribution in [1.29, 1.82) is 0 Å². The molecule has 0 amide bonds. The summed E-state index contributed by atoms with van der Waals surface area (Å²) in [6, 6.07) is 6.45. The Morgan fingerprint density at radius 1 is 1.41 bits per heavy atom. The maximum atomic E-state index is 5.82. The normalized spacial score (nSPS) is 23.8. The molecule has 1 aromatic rings. The summed E-state index contributed by atoms with van der Waals surface area (Å²) >= 11 is 0. The molecule has 92 valence electrons. The van der Waals surface area contributed by atoms with E-state index in [0.29, 0.717) is 6.04 Å². The molecule has 0 saturated carbocycles. The van der Waals surface area contributed by atoms with Crippen LogP contribution in [0, 0.1) is 0 Å². The van der Waals surface area contributed by atoms with Crippen LogP contribution in [0.5, 0.6) is 5.75 Å². The Hall–Kier alpha value is -1.42. The van der Waals surface area contributed by atoms with E-state index in [2.05, 4.69) is 22.8 Å². The first-order valence-electron chi connectivity index (χ1n) is 6.29. The minimum atomic E-state index is 0.486. The van der Waals surface area contributed by atoms with Crippen molar-refractivity contribution in [1.82, 2.24) is 4.90 Å². The van der Waals surface area contributed by atoms with Crippen LogP contribution in [0.2, 0.25) is 0 Å². The second-order valence-corrected chi connectivity index (χ2v) is 4.78. The largest absolute Gasteiger partial charge is 0.489 e. The molecule has 0 aromatic heterocycles. The van der Waals surface area contributed by atoms with Crippen molar-refractivity contribution < 1.29 is 4.74 Å². The number of hydrogen-bond acceptors (Lipinski definition) is 4. The monoisotopic (exact) mass is 233 g/mol. The SMILES string of the molecule is CCN1CCN2c3ccc(N)cc3OC[C@H]2C1. The zero-order valence-corrected chi connectivity index (χ0v) is 10.2. The molecule has 3 rings (SSSR count). The molecule has 4 heteroatoms. The summed E-state index contributed by atoms with van der Waals surface area (Å²) in [7, 11) is 0. The Kier molecular flexibility index (Phi) is 2.59. The molecule has 0 unspecified atom stereocenters. The van der Waals surface area contributed by atoms with Crippen LogP contribution < -0.4 is 15.4 Å². The lowest BCUT2D eigenvalue weighted by atomic mass is 10.1. The highest BCUT2D eigenvalue weighted by atomic mass is 16.5. The number of piperazine rings is 1. The summed E-state index contributed by atoms with van der Waals surface area (Å²) in [5, 5.41) is 0. The quantitative estimate of drug-likeness (QED) is 0.739. The number of benzene rings is 1. The highest BCUT2D eigenvalue weighted by Crippen LogP contribution is 2.36. The summed E-state index contributed by atoms with van der Waals surface area (Å²) in [6.45, 7) is 7.43. The average molecular weight is 233 g/mol. The molecule has 2 heterocycles. The molecule has 4 nitrogen and oxygen atoms in total. The lowest BCUT2D eigenvalue weighted by Gasteiger charge is -2.45. The van der Waals surface area contributed by atoms with Crippen LogP contribution in [0.4, 0.5) is 11.4 Å². The van der Waals surface area contributed by atoms with Gasteiger partial charge < -0.3 is 15.4 Å². The van der Waals surface area contributed by atoms with Gasteiger partial charge in [-0.2, -0.15) is 0 Å². The molecular formula is C13H19N3O. The lowest BCUT2D eigenvalue weighted by Crippen LogP contribution is -2.57. The maximum Gasteiger partial charge on any atom is 0.144 e. The summed E-state index contributed by atoms with van der Waals surface area (Å²) in [6.07, 6.45) is 0. The smallest absolute Gasteiger partial charge is 0.144 e. The van der Waals surface area contributed by atoms with Crippen molar-refractivity contribution in [2.75, 3.05) is 43.4 Å². The van der Waals surface area contributed by atoms with E-state index in [-0.39, 0.29) is 0 Å². The van der Waals surface area contributed by atoms with Gasteiger partial charge in [-0.1, -0.05) is 6.92 Å². The van der Waals surface area contributed by atoms with Crippen molar-refractivity contribution in [3.05, 3.63) is 18.2 Å². The number of likely N-dealkylation sites (N-methyl/N-ethyl adjacent to an activating group) is 1. The number of rotatable bonds is 1. The molecule has 17 heavy (non-hydrogen) atoms. The van der Waals surface area contributed by atoms with Gasteiger partial charge >= 0.3 is 0 Å². The van der Waals surface area contributed by atoms with E-state index in [1.165, 1.54) is 5.69 Å². The lowest BCUT2D eigenvalue weighted by molar-refractivity contribution is 0.172. The Morgan fingerprint density at radius 2 is 2.29 bits per heavy atom. The first-order valence-corrected chi connectivity index (χ1v) is 6.29. The third-order valence-electron chi connectivity index (χ3n) is 3.74. The van der Waals surface area contributed by atoms with E-state index >= 15 is 0 Å². The van der Waals surface area contributed by atoms with Crippen LogP contribution in [-0.4, -0.2) is 43.7 Å². The number of nitrogens with zero attached hydrogens (tertiary/aromatic N) is 2. The van der Waals surface area contributed by atoms with E-state index in [0.717, 1.165) is 44.2 Å². The number of anilines is 2. The average Bonchev–Trinajstić information content (AvgIpc) is 2.37. The van der Waals surface area contributed by atoms with Crippen LogP contribution in [0.25, 0.3) is 0 Å². The molecule has 0 aliphatic carbocycles. The zero-order valence-electron chi connectivity index (χ0n) is 10.2. The van der Waals surface area contributed by atoms with Gasteiger partial charge in [0.15, 0.2) is 0 Å².